The molecule has 3 rings (SSSR count). The van der Waals surface area contributed by atoms with Crippen LogP contribution in [0.25, 0.3) is 11.3 Å². The molecule has 0 saturated carbocycles. The van der Waals surface area contributed by atoms with Gasteiger partial charge in [0.2, 0.25) is 0 Å². The monoisotopic (exact) mass is 309 g/mol. The number of carboxylic acid groups (broad SMARTS) is 1. The fourth-order valence-corrected chi connectivity index (χ4v) is 3.43. The number of aromatic nitrogens is 2. The molecule has 5 nitrogen and oxygen atoms in total. The molecule has 0 amide bonds. The number of hydrogen-bond acceptors (Lipinski definition) is 3. The van der Waals surface area contributed by atoms with Crippen LogP contribution < -0.4 is 0 Å². The molecule has 0 saturated heterocycles. The number of aryl methyl sites for hydroxylation is 1. The molecule has 1 N–H and O–H groups in total. The van der Waals surface area contributed by atoms with Gasteiger partial charge in [-0.15, -0.1) is 0 Å². The lowest BCUT2D eigenvalue weighted by molar-refractivity contribution is -0.137. The molecule has 1 aliphatic rings. The molecule has 118 valence electrons. The predicted octanol–water partition coefficient (Wildman–Crippen LogP) is 3.36. The van der Waals surface area contributed by atoms with Gasteiger partial charge in [-0.3, -0.25) is 9.48 Å². The maximum Gasteiger partial charge on any atom is 0.303 e. The smallest absolute Gasteiger partial charge is 0.303 e. The van der Waals surface area contributed by atoms with Crippen LogP contribution in [0.3, 0.4) is 0 Å². The van der Waals surface area contributed by atoms with Crippen molar-refractivity contribution in [2.24, 2.45) is 0 Å². The molecule has 1 aromatic carbocycles. The van der Waals surface area contributed by atoms with Gasteiger partial charge in [0.25, 0.3) is 0 Å². The van der Waals surface area contributed by atoms with Crippen molar-refractivity contribution < 1.29 is 9.90 Å². The second-order valence-corrected chi connectivity index (χ2v) is 5.89. The molecule has 0 bridgehead atoms. The number of nitriles is 1. The van der Waals surface area contributed by atoms with Crippen LogP contribution in [0, 0.1) is 11.3 Å². The summed E-state index contributed by atoms with van der Waals surface area (Å²) < 4.78 is 1.91. The zero-order valence-corrected chi connectivity index (χ0v) is 12.9. The molecular weight excluding hydrogens is 290 g/mol. The van der Waals surface area contributed by atoms with Crippen molar-refractivity contribution in [1.29, 1.82) is 5.26 Å². The normalized spacial score (nSPS) is 16.6. The van der Waals surface area contributed by atoms with Crippen LogP contribution in [-0.2, 0) is 17.8 Å². The van der Waals surface area contributed by atoms with Gasteiger partial charge in [0, 0.05) is 16.8 Å². The van der Waals surface area contributed by atoms with E-state index in [-0.39, 0.29) is 12.3 Å². The van der Waals surface area contributed by atoms with Crippen molar-refractivity contribution in [1.82, 2.24) is 9.78 Å². The maximum atomic E-state index is 11.2. The van der Waals surface area contributed by atoms with Crippen molar-refractivity contribution in [3.05, 3.63) is 41.6 Å². The number of benzene rings is 1. The Morgan fingerprint density at radius 3 is 2.87 bits per heavy atom. The fraction of sp³-hybridized carbons (Fsp3) is 0.389. The minimum atomic E-state index is -0.772. The Hall–Kier alpha value is -2.61. The number of rotatable bonds is 5. The summed E-state index contributed by atoms with van der Waals surface area (Å²) in [6, 6.07) is 12.1. The van der Waals surface area contributed by atoms with Crippen LogP contribution in [0.5, 0.6) is 0 Å². The molecule has 1 aliphatic carbocycles. The van der Waals surface area contributed by atoms with E-state index in [4.69, 9.17) is 10.4 Å². The van der Waals surface area contributed by atoms with E-state index in [1.54, 1.807) is 0 Å². The number of fused-ring (bicyclic) bond motifs is 1. The van der Waals surface area contributed by atoms with E-state index in [0.29, 0.717) is 13.0 Å². The van der Waals surface area contributed by atoms with Crippen LogP contribution in [0.15, 0.2) is 30.3 Å². The molecule has 0 spiro atoms. The molecule has 1 unspecified atom stereocenters. The third kappa shape index (κ3) is 3.11. The van der Waals surface area contributed by atoms with E-state index in [1.165, 1.54) is 0 Å². The predicted molar refractivity (Wildman–Crippen MR) is 85.8 cm³/mol. The lowest BCUT2D eigenvalue weighted by Crippen LogP contribution is -2.15. The van der Waals surface area contributed by atoms with E-state index in [2.05, 4.69) is 6.07 Å². The first-order valence-electron chi connectivity index (χ1n) is 7.94. The van der Waals surface area contributed by atoms with E-state index < -0.39 is 5.97 Å². The fourth-order valence-electron chi connectivity index (χ4n) is 3.43. The summed E-state index contributed by atoms with van der Waals surface area (Å²) in [6.07, 6.45) is 3.29. The molecule has 5 heteroatoms. The highest BCUT2D eigenvalue weighted by molar-refractivity contribution is 5.71. The van der Waals surface area contributed by atoms with Crippen LogP contribution >= 0.6 is 0 Å². The van der Waals surface area contributed by atoms with Gasteiger partial charge in [-0.1, -0.05) is 30.3 Å². The standard InChI is InChI=1S/C18H19N3O2/c19-10-5-11-21-15-9-4-8-14(12-16(22)23)17(15)18(20-21)13-6-2-1-3-7-13/h1-3,6-7,14H,4-5,8-9,11-12H2,(H,22,23). The largest absolute Gasteiger partial charge is 0.481 e. The SMILES string of the molecule is N#CCCn1nc(-c2ccccc2)c2c1CCCC2CC(=O)O. The molecule has 0 radical (unpaired) electrons. The summed E-state index contributed by atoms with van der Waals surface area (Å²) in [5.74, 6) is -0.770. The number of carbonyl (C=O) groups is 1. The topological polar surface area (TPSA) is 78.9 Å². The zero-order valence-electron chi connectivity index (χ0n) is 12.9. The maximum absolute atomic E-state index is 11.2. The second kappa shape index (κ2) is 6.66. The molecule has 1 atom stereocenters. The van der Waals surface area contributed by atoms with Crippen LogP contribution in [0.4, 0.5) is 0 Å². The third-order valence-electron chi connectivity index (χ3n) is 4.38. The number of aliphatic carboxylic acids is 1. The molecule has 0 fully saturated rings. The Balaban J connectivity index is 2.09. The van der Waals surface area contributed by atoms with Gasteiger partial charge >= 0.3 is 5.97 Å². The molecule has 23 heavy (non-hydrogen) atoms. The lowest BCUT2D eigenvalue weighted by Gasteiger charge is -2.22. The van der Waals surface area contributed by atoms with Gasteiger partial charge in [0.15, 0.2) is 0 Å². The molecule has 0 aliphatic heterocycles. The van der Waals surface area contributed by atoms with Gasteiger partial charge in [-0.2, -0.15) is 10.4 Å². The van der Waals surface area contributed by atoms with Gasteiger partial charge in [0.05, 0.1) is 31.1 Å². The summed E-state index contributed by atoms with van der Waals surface area (Å²) in [7, 11) is 0. The summed E-state index contributed by atoms with van der Waals surface area (Å²) in [5, 5.41) is 22.8. The number of carboxylic acids is 1. The summed E-state index contributed by atoms with van der Waals surface area (Å²) in [4.78, 5) is 11.2. The molecule has 2 aromatic rings. The van der Waals surface area contributed by atoms with Gasteiger partial charge < -0.3 is 5.11 Å². The average Bonchev–Trinajstić information content (AvgIpc) is 2.93. The summed E-state index contributed by atoms with van der Waals surface area (Å²) in [6.45, 7) is 0.561. The first-order chi connectivity index (χ1) is 11.2. The van der Waals surface area contributed by atoms with E-state index in [9.17, 15) is 9.90 Å². The first-order valence-corrected chi connectivity index (χ1v) is 7.94. The van der Waals surface area contributed by atoms with Crippen molar-refractivity contribution in [3.63, 3.8) is 0 Å². The van der Waals surface area contributed by atoms with Gasteiger partial charge in [0.1, 0.15) is 0 Å². The Bertz CT molecular complexity index is 744. The zero-order chi connectivity index (χ0) is 16.2. The van der Waals surface area contributed by atoms with Crippen molar-refractivity contribution in [2.45, 2.75) is 44.6 Å². The van der Waals surface area contributed by atoms with Gasteiger partial charge in [-0.25, -0.2) is 0 Å². The third-order valence-corrected chi connectivity index (χ3v) is 4.38. The van der Waals surface area contributed by atoms with Crippen molar-refractivity contribution in [2.75, 3.05) is 0 Å². The Kier molecular flexibility index (Phi) is 4.42. The Labute approximate surface area is 135 Å². The Morgan fingerprint density at radius 1 is 1.39 bits per heavy atom. The second-order valence-electron chi connectivity index (χ2n) is 5.89. The van der Waals surface area contributed by atoms with Crippen LogP contribution in [0.1, 0.15) is 42.9 Å². The quantitative estimate of drug-likeness (QED) is 0.918. The average molecular weight is 309 g/mol. The summed E-state index contributed by atoms with van der Waals surface area (Å²) in [5.41, 5.74) is 4.07. The first kappa shape index (κ1) is 15.3. The molecular formula is C18H19N3O2. The van der Waals surface area contributed by atoms with Gasteiger partial charge in [-0.05, 0) is 25.2 Å². The Morgan fingerprint density at radius 2 is 2.17 bits per heavy atom. The van der Waals surface area contributed by atoms with Crippen molar-refractivity contribution in [3.8, 4) is 17.3 Å². The number of nitrogens with zero attached hydrogens (tertiary/aromatic N) is 3. The van der Waals surface area contributed by atoms with Crippen molar-refractivity contribution >= 4 is 5.97 Å². The minimum absolute atomic E-state index is 0.00212. The molecule has 1 aromatic heterocycles. The highest BCUT2D eigenvalue weighted by Gasteiger charge is 2.30. The minimum Gasteiger partial charge on any atom is -0.481 e. The van der Waals surface area contributed by atoms with E-state index in [0.717, 1.165) is 41.8 Å². The van der Waals surface area contributed by atoms with Crippen LogP contribution in [-0.4, -0.2) is 20.9 Å². The van der Waals surface area contributed by atoms with E-state index >= 15 is 0 Å². The number of hydrogen-bond donors (Lipinski definition) is 1. The van der Waals surface area contributed by atoms with Crippen LogP contribution in [0.2, 0.25) is 0 Å². The van der Waals surface area contributed by atoms with E-state index in [1.807, 2.05) is 35.0 Å². The summed E-state index contributed by atoms with van der Waals surface area (Å²) >= 11 is 0. The lowest BCUT2D eigenvalue weighted by atomic mass is 9.82. The molecule has 1 heterocycles. The highest BCUT2D eigenvalue weighted by Crippen LogP contribution is 2.40. The highest BCUT2D eigenvalue weighted by atomic mass is 16.4.